The Balaban J connectivity index is 1.70. The normalized spacial score (nSPS) is 35.3. The smallest absolute Gasteiger partial charge is 0.0936 e. The van der Waals surface area contributed by atoms with Crippen molar-refractivity contribution < 1.29 is 4.74 Å². The molecule has 0 radical (unpaired) electrons. The Labute approximate surface area is 55.8 Å². The lowest BCUT2D eigenvalue weighted by Gasteiger charge is -2.10. The van der Waals surface area contributed by atoms with E-state index in [0.29, 0.717) is 6.10 Å². The van der Waals surface area contributed by atoms with Crippen LogP contribution in [0.4, 0.5) is 0 Å². The van der Waals surface area contributed by atoms with Gasteiger partial charge in [0.1, 0.15) is 0 Å². The summed E-state index contributed by atoms with van der Waals surface area (Å²) in [6.45, 7) is 4.82. The van der Waals surface area contributed by atoms with Gasteiger partial charge in [-0.1, -0.05) is 0 Å². The molecule has 2 heteroatoms. The molecule has 9 heavy (non-hydrogen) atoms. The third-order valence-electron chi connectivity index (χ3n) is 2.06. The summed E-state index contributed by atoms with van der Waals surface area (Å²) in [4.78, 5) is 2.50. The summed E-state index contributed by atoms with van der Waals surface area (Å²) in [5.74, 6) is 0. The second kappa shape index (κ2) is 2.27. The van der Waals surface area contributed by atoms with Gasteiger partial charge in [0.15, 0.2) is 0 Å². The van der Waals surface area contributed by atoms with Gasteiger partial charge >= 0.3 is 0 Å². The molecule has 0 bridgehead atoms. The molecule has 0 aromatic heterocycles. The molecule has 0 amide bonds. The van der Waals surface area contributed by atoms with Crippen molar-refractivity contribution in [1.82, 2.24) is 4.90 Å². The summed E-state index contributed by atoms with van der Waals surface area (Å²) in [7, 11) is 0. The third kappa shape index (κ3) is 1.43. The largest absolute Gasteiger partial charge is 0.372 e. The molecule has 0 N–H and O–H groups in total. The van der Waals surface area contributed by atoms with Crippen LogP contribution < -0.4 is 0 Å². The maximum atomic E-state index is 5.13. The zero-order chi connectivity index (χ0) is 6.10. The summed E-state index contributed by atoms with van der Waals surface area (Å²) >= 11 is 0. The van der Waals surface area contributed by atoms with Crippen LogP contribution in [0.15, 0.2) is 0 Å². The van der Waals surface area contributed by atoms with E-state index in [0.717, 1.165) is 6.61 Å². The van der Waals surface area contributed by atoms with Gasteiger partial charge in [-0.05, 0) is 25.9 Å². The zero-order valence-corrected chi connectivity index (χ0v) is 5.68. The summed E-state index contributed by atoms with van der Waals surface area (Å²) in [6.07, 6.45) is 3.39. The first kappa shape index (κ1) is 5.69. The second-order valence-electron chi connectivity index (χ2n) is 2.96. The first-order valence-corrected chi connectivity index (χ1v) is 3.79. The van der Waals surface area contributed by atoms with Crippen molar-refractivity contribution in [2.75, 3.05) is 26.2 Å². The van der Waals surface area contributed by atoms with Gasteiger partial charge in [-0.2, -0.15) is 0 Å². The SMILES string of the molecule is C1CCN(C[C@H]2CO2)C1. The van der Waals surface area contributed by atoms with E-state index < -0.39 is 0 Å². The Bertz CT molecular complexity index is 95.1. The summed E-state index contributed by atoms with van der Waals surface area (Å²) in [5, 5.41) is 0. The van der Waals surface area contributed by atoms with Crippen molar-refractivity contribution >= 4 is 0 Å². The van der Waals surface area contributed by atoms with Crippen molar-refractivity contribution in [3.8, 4) is 0 Å². The molecule has 2 aliphatic rings. The average molecular weight is 127 g/mol. The van der Waals surface area contributed by atoms with E-state index in [4.69, 9.17) is 4.74 Å². The average Bonchev–Trinajstić information content (AvgIpc) is 2.46. The molecule has 2 fully saturated rings. The Hall–Kier alpha value is -0.0800. The van der Waals surface area contributed by atoms with E-state index in [2.05, 4.69) is 4.90 Å². The van der Waals surface area contributed by atoms with E-state index in [-0.39, 0.29) is 0 Å². The van der Waals surface area contributed by atoms with E-state index in [1.165, 1.54) is 32.5 Å². The topological polar surface area (TPSA) is 15.8 Å². The van der Waals surface area contributed by atoms with Crippen molar-refractivity contribution in [1.29, 1.82) is 0 Å². The van der Waals surface area contributed by atoms with Crippen LogP contribution in [0, 0.1) is 0 Å². The third-order valence-corrected chi connectivity index (χ3v) is 2.06. The lowest BCUT2D eigenvalue weighted by Crippen LogP contribution is -2.23. The second-order valence-corrected chi connectivity index (χ2v) is 2.96. The fourth-order valence-electron chi connectivity index (χ4n) is 1.43. The fourth-order valence-corrected chi connectivity index (χ4v) is 1.43. The van der Waals surface area contributed by atoms with Gasteiger partial charge in [0.2, 0.25) is 0 Å². The summed E-state index contributed by atoms with van der Waals surface area (Å²) < 4.78 is 5.13. The molecule has 2 saturated heterocycles. The Kier molecular flexibility index (Phi) is 1.44. The standard InChI is InChI=1S/C7H13NO/c1-2-4-8(3-1)5-7-6-9-7/h7H,1-6H2/t7-/m0/s1. The van der Waals surface area contributed by atoms with Gasteiger partial charge in [0.05, 0.1) is 12.7 Å². The van der Waals surface area contributed by atoms with E-state index in [9.17, 15) is 0 Å². The van der Waals surface area contributed by atoms with Crippen LogP contribution in [0.1, 0.15) is 12.8 Å². The van der Waals surface area contributed by atoms with Crippen LogP contribution in [0.5, 0.6) is 0 Å². The molecule has 2 heterocycles. The first-order valence-electron chi connectivity index (χ1n) is 3.79. The number of hydrogen-bond donors (Lipinski definition) is 0. The molecule has 0 unspecified atom stereocenters. The van der Waals surface area contributed by atoms with Gasteiger partial charge in [0.25, 0.3) is 0 Å². The maximum Gasteiger partial charge on any atom is 0.0936 e. The lowest BCUT2D eigenvalue weighted by molar-refractivity contribution is 0.286. The van der Waals surface area contributed by atoms with Gasteiger partial charge < -0.3 is 9.64 Å². The van der Waals surface area contributed by atoms with Crippen LogP contribution in [-0.4, -0.2) is 37.2 Å². The van der Waals surface area contributed by atoms with Gasteiger partial charge in [0, 0.05) is 6.54 Å². The molecular weight excluding hydrogens is 114 g/mol. The zero-order valence-electron chi connectivity index (χ0n) is 5.68. The predicted molar refractivity (Wildman–Crippen MR) is 35.4 cm³/mol. The molecule has 0 saturated carbocycles. The molecule has 0 aliphatic carbocycles. The number of ether oxygens (including phenoxy) is 1. The minimum absolute atomic E-state index is 0.600. The summed E-state index contributed by atoms with van der Waals surface area (Å²) in [6, 6.07) is 0. The number of rotatable bonds is 2. The maximum absolute atomic E-state index is 5.13. The molecule has 2 rings (SSSR count). The highest BCUT2D eigenvalue weighted by Crippen LogP contribution is 2.14. The van der Waals surface area contributed by atoms with Crippen molar-refractivity contribution in [2.24, 2.45) is 0 Å². The highest BCUT2D eigenvalue weighted by molar-refractivity contribution is 4.76. The van der Waals surface area contributed by atoms with Gasteiger partial charge in [-0.25, -0.2) is 0 Å². The van der Waals surface area contributed by atoms with Crippen LogP contribution >= 0.6 is 0 Å². The van der Waals surface area contributed by atoms with Crippen LogP contribution in [0.3, 0.4) is 0 Å². The minimum atomic E-state index is 0.600. The number of hydrogen-bond acceptors (Lipinski definition) is 2. The van der Waals surface area contributed by atoms with Crippen LogP contribution in [0.25, 0.3) is 0 Å². The fraction of sp³-hybridized carbons (Fsp3) is 1.00. The molecule has 0 spiro atoms. The number of likely N-dealkylation sites (tertiary alicyclic amines) is 1. The highest BCUT2D eigenvalue weighted by Gasteiger charge is 2.26. The predicted octanol–water partition coefficient (Wildman–Crippen LogP) is 0.481. The lowest BCUT2D eigenvalue weighted by atomic mass is 10.4. The number of nitrogens with zero attached hydrogens (tertiary/aromatic N) is 1. The monoisotopic (exact) mass is 127 g/mol. The molecule has 0 aromatic rings. The minimum Gasteiger partial charge on any atom is -0.372 e. The van der Waals surface area contributed by atoms with Gasteiger partial charge in [-0.3, -0.25) is 0 Å². The number of epoxide rings is 1. The summed E-state index contributed by atoms with van der Waals surface area (Å²) in [5.41, 5.74) is 0. The van der Waals surface area contributed by atoms with Crippen LogP contribution in [-0.2, 0) is 4.74 Å². The Morgan fingerprint density at radius 3 is 2.56 bits per heavy atom. The molecular formula is C7H13NO. The van der Waals surface area contributed by atoms with E-state index >= 15 is 0 Å². The molecule has 2 nitrogen and oxygen atoms in total. The highest BCUT2D eigenvalue weighted by atomic mass is 16.6. The van der Waals surface area contributed by atoms with Crippen molar-refractivity contribution in [3.63, 3.8) is 0 Å². The van der Waals surface area contributed by atoms with E-state index in [1.54, 1.807) is 0 Å². The van der Waals surface area contributed by atoms with Crippen molar-refractivity contribution in [3.05, 3.63) is 0 Å². The van der Waals surface area contributed by atoms with E-state index in [1.807, 2.05) is 0 Å². The van der Waals surface area contributed by atoms with Crippen molar-refractivity contribution in [2.45, 2.75) is 18.9 Å². The first-order chi connectivity index (χ1) is 4.45. The van der Waals surface area contributed by atoms with Gasteiger partial charge in [-0.15, -0.1) is 0 Å². The molecule has 52 valence electrons. The van der Waals surface area contributed by atoms with Crippen LogP contribution in [0.2, 0.25) is 0 Å². The molecule has 1 atom stereocenters. The Morgan fingerprint density at radius 1 is 1.33 bits per heavy atom. The Morgan fingerprint density at radius 2 is 2.00 bits per heavy atom. The molecule has 2 aliphatic heterocycles. The molecule has 0 aromatic carbocycles. The quantitative estimate of drug-likeness (QED) is 0.501.